The lowest BCUT2D eigenvalue weighted by Gasteiger charge is -2.17. The first-order valence-electron chi connectivity index (χ1n) is 12.5. The average molecular weight is 617 g/mol. The van der Waals surface area contributed by atoms with Gasteiger partial charge in [0.25, 0.3) is 0 Å². The summed E-state index contributed by atoms with van der Waals surface area (Å²) in [5, 5.41) is 12.3. The number of carbonyl (C=O) groups is 1. The topological polar surface area (TPSA) is 75.3 Å². The van der Waals surface area contributed by atoms with Gasteiger partial charge in [-0.05, 0) is 54.2 Å². The van der Waals surface area contributed by atoms with Crippen molar-refractivity contribution >= 4 is 74.4 Å². The van der Waals surface area contributed by atoms with Gasteiger partial charge >= 0.3 is 0 Å². The molecule has 10 heteroatoms. The van der Waals surface area contributed by atoms with Gasteiger partial charge in [-0.25, -0.2) is 4.98 Å². The molecule has 0 fully saturated rings. The molecule has 0 radical (unpaired) electrons. The Labute approximate surface area is 257 Å². The Bertz CT molecular complexity index is 1660. The van der Waals surface area contributed by atoms with Crippen LogP contribution in [0.25, 0.3) is 11.3 Å². The lowest BCUT2D eigenvalue weighted by molar-refractivity contribution is -0.115. The Kier molecular flexibility index (Phi) is 9.53. The molecule has 4 aromatic carbocycles. The van der Waals surface area contributed by atoms with Gasteiger partial charge in [-0.1, -0.05) is 78.3 Å². The first-order valence-corrected chi connectivity index (χ1v) is 15.1. The van der Waals surface area contributed by atoms with Crippen LogP contribution in [0, 0.1) is 0 Å². The van der Waals surface area contributed by atoms with Crippen LogP contribution in [0.4, 0.5) is 16.5 Å². The third-order valence-corrected chi connectivity index (χ3v) is 8.47. The SMILES string of the molecule is COc1ccccc1NC(=S)Nc1cccc(SC(C(=O)Nc2nc(-c3ccccc3Cl)cs2)c2ccccc2)c1. The van der Waals surface area contributed by atoms with Crippen LogP contribution in [0.15, 0.2) is 113 Å². The molecular formula is C31H25ClN4O2S3. The van der Waals surface area contributed by atoms with Crippen molar-refractivity contribution in [3.8, 4) is 17.0 Å². The molecule has 6 nitrogen and oxygen atoms in total. The largest absolute Gasteiger partial charge is 0.495 e. The van der Waals surface area contributed by atoms with E-state index in [0.29, 0.717) is 21.0 Å². The number of thioether (sulfide) groups is 1. The second-order valence-corrected chi connectivity index (χ2v) is 11.6. The van der Waals surface area contributed by atoms with Crippen LogP contribution in [0.5, 0.6) is 5.75 Å². The van der Waals surface area contributed by atoms with Gasteiger partial charge in [0.05, 0.1) is 18.5 Å². The molecular weight excluding hydrogens is 592 g/mol. The molecule has 1 unspecified atom stereocenters. The number of hydrogen-bond acceptors (Lipinski definition) is 6. The molecule has 206 valence electrons. The van der Waals surface area contributed by atoms with E-state index in [1.54, 1.807) is 7.11 Å². The lowest BCUT2D eigenvalue weighted by atomic mass is 10.1. The van der Waals surface area contributed by atoms with Crippen molar-refractivity contribution in [2.75, 3.05) is 23.1 Å². The number of halogens is 1. The number of hydrogen-bond donors (Lipinski definition) is 3. The fourth-order valence-electron chi connectivity index (χ4n) is 4.01. The van der Waals surface area contributed by atoms with Crippen LogP contribution in [-0.2, 0) is 4.79 Å². The number of amides is 1. The van der Waals surface area contributed by atoms with Gasteiger partial charge in [-0.2, -0.15) is 0 Å². The average Bonchev–Trinajstić information content (AvgIpc) is 3.45. The quantitative estimate of drug-likeness (QED) is 0.113. The monoisotopic (exact) mass is 616 g/mol. The molecule has 0 saturated carbocycles. The Morgan fingerprint density at radius 1 is 0.927 bits per heavy atom. The highest BCUT2D eigenvalue weighted by molar-refractivity contribution is 8.00. The number of para-hydroxylation sites is 2. The Hall–Kier alpha value is -3.89. The molecule has 0 saturated heterocycles. The van der Waals surface area contributed by atoms with Gasteiger partial charge in [-0.3, -0.25) is 4.79 Å². The van der Waals surface area contributed by atoms with E-state index in [9.17, 15) is 4.79 Å². The highest BCUT2D eigenvalue weighted by atomic mass is 35.5. The van der Waals surface area contributed by atoms with Crippen LogP contribution in [0.1, 0.15) is 10.8 Å². The van der Waals surface area contributed by atoms with Crippen LogP contribution in [0.3, 0.4) is 0 Å². The molecule has 1 heterocycles. The van der Waals surface area contributed by atoms with E-state index in [-0.39, 0.29) is 5.91 Å². The molecule has 0 aliphatic rings. The Morgan fingerprint density at radius 2 is 1.68 bits per heavy atom. The van der Waals surface area contributed by atoms with E-state index in [1.165, 1.54) is 23.1 Å². The van der Waals surface area contributed by atoms with Crippen molar-refractivity contribution in [1.82, 2.24) is 4.98 Å². The maximum Gasteiger partial charge on any atom is 0.244 e. The maximum absolute atomic E-state index is 13.6. The number of ether oxygens (including phenoxy) is 1. The summed E-state index contributed by atoms with van der Waals surface area (Å²) in [7, 11) is 1.61. The maximum atomic E-state index is 13.6. The summed E-state index contributed by atoms with van der Waals surface area (Å²) in [5.41, 5.74) is 3.97. The van der Waals surface area contributed by atoms with Crippen LogP contribution >= 0.6 is 46.9 Å². The van der Waals surface area contributed by atoms with Gasteiger partial charge in [-0.15, -0.1) is 23.1 Å². The summed E-state index contributed by atoms with van der Waals surface area (Å²) >= 11 is 14.7. The van der Waals surface area contributed by atoms with Crippen LogP contribution in [0.2, 0.25) is 5.02 Å². The van der Waals surface area contributed by atoms with Gasteiger partial charge in [0, 0.05) is 26.5 Å². The second-order valence-electron chi connectivity index (χ2n) is 8.72. The fraction of sp³-hybridized carbons (Fsp3) is 0.0645. The Balaban J connectivity index is 1.31. The molecule has 3 N–H and O–H groups in total. The molecule has 5 aromatic rings. The third-order valence-electron chi connectivity index (χ3n) is 5.93. The van der Waals surface area contributed by atoms with Crippen molar-refractivity contribution in [1.29, 1.82) is 0 Å². The van der Waals surface area contributed by atoms with E-state index in [2.05, 4.69) is 20.9 Å². The van der Waals surface area contributed by atoms with E-state index in [0.717, 1.165) is 33.1 Å². The van der Waals surface area contributed by atoms with Crippen molar-refractivity contribution in [3.05, 3.63) is 119 Å². The number of anilines is 3. The van der Waals surface area contributed by atoms with Crippen molar-refractivity contribution in [3.63, 3.8) is 0 Å². The molecule has 1 amide bonds. The standard InChI is InChI=1S/C31H25ClN4O2S3/c1-38-27-17-8-7-16-25(27)34-30(39)33-21-12-9-13-22(18-21)41-28(20-10-3-2-4-11-20)29(37)36-31-35-26(19-40-31)23-14-5-6-15-24(23)32/h2-19,28H,1H3,(H2,33,34,39)(H,35,36,37). The summed E-state index contributed by atoms with van der Waals surface area (Å²) in [6, 6.07) is 32.5. The minimum atomic E-state index is -0.516. The number of nitrogens with one attached hydrogen (secondary N) is 3. The van der Waals surface area contributed by atoms with E-state index in [4.69, 9.17) is 28.6 Å². The number of aromatic nitrogens is 1. The van der Waals surface area contributed by atoms with Gasteiger partial charge in [0.15, 0.2) is 10.2 Å². The van der Waals surface area contributed by atoms with Gasteiger partial charge < -0.3 is 20.7 Å². The zero-order chi connectivity index (χ0) is 28.6. The smallest absolute Gasteiger partial charge is 0.244 e. The highest BCUT2D eigenvalue weighted by Crippen LogP contribution is 2.38. The molecule has 1 atom stereocenters. The molecule has 41 heavy (non-hydrogen) atoms. The normalized spacial score (nSPS) is 11.4. The minimum Gasteiger partial charge on any atom is -0.495 e. The number of methoxy groups -OCH3 is 1. The molecule has 0 aliphatic heterocycles. The number of nitrogens with zero attached hydrogens (tertiary/aromatic N) is 1. The summed E-state index contributed by atoms with van der Waals surface area (Å²) < 4.78 is 5.39. The van der Waals surface area contributed by atoms with Gasteiger partial charge in [0.2, 0.25) is 5.91 Å². The Morgan fingerprint density at radius 3 is 2.49 bits per heavy atom. The summed E-state index contributed by atoms with van der Waals surface area (Å²) in [4.78, 5) is 19.1. The predicted molar refractivity (Wildman–Crippen MR) is 176 cm³/mol. The van der Waals surface area contributed by atoms with Crippen LogP contribution in [-0.4, -0.2) is 23.1 Å². The minimum absolute atomic E-state index is 0.173. The molecule has 1 aromatic heterocycles. The van der Waals surface area contributed by atoms with Crippen LogP contribution < -0.4 is 20.7 Å². The summed E-state index contributed by atoms with van der Waals surface area (Å²) in [6.07, 6.45) is 0. The summed E-state index contributed by atoms with van der Waals surface area (Å²) in [6.45, 7) is 0. The predicted octanol–water partition coefficient (Wildman–Crippen LogP) is 8.75. The number of benzene rings is 4. The molecule has 5 rings (SSSR count). The van der Waals surface area contributed by atoms with Gasteiger partial charge in [0.1, 0.15) is 11.0 Å². The zero-order valence-corrected chi connectivity index (χ0v) is 25.0. The van der Waals surface area contributed by atoms with Crippen molar-refractivity contribution in [2.24, 2.45) is 0 Å². The first kappa shape index (κ1) is 28.6. The third kappa shape index (κ3) is 7.45. The number of thiocarbonyl (C=S) groups is 1. The van der Waals surface area contributed by atoms with E-state index < -0.39 is 5.25 Å². The first-order chi connectivity index (χ1) is 20.0. The highest BCUT2D eigenvalue weighted by Gasteiger charge is 2.23. The van der Waals surface area contributed by atoms with Crippen molar-refractivity contribution < 1.29 is 9.53 Å². The zero-order valence-electron chi connectivity index (χ0n) is 21.8. The summed E-state index contributed by atoms with van der Waals surface area (Å²) in [5.74, 6) is 0.518. The molecule has 0 spiro atoms. The number of rotatable bonds is 9. The van der Waals surface area contributed by atoms with E-state index >= 15 is 0 Å². The van der Waals surface area contributed by atoms with Crippen molar-refractivity contribution in [2.45, 2.75) is 10.1 Å². The number of thiazole rings is 1. The second kappa shape index (κ2) is 13.6. The molecule has 0 aliphatic carbocycles. The lowest BCUT2D eigenvalue weighted by Crippen LogP contribution is -2.20. The number of carbonyl (C=O) groups excluding carboxylic acids is 1. The fourth-order valence-corrected chi connectivity index (χ4v) is 6.27. The molecule has 0 bridgehead atoms. The van der Waals surface area contributed by atoms with E-state index in [1.807, 2.05) is 109 Å².